The van der Waals surface area contributed by atoms with Gasteiger partial charge in [-0.1, -0.05) is 72.4 Å². The Morgan fingerprint density at radius 3 is 2.31 bits per heavy atom. The van der Waals surface area contributed by atoms with Gasteiger partial charge in [0.25, 0.3) is 0 Å². The molecule has 2 aromatic heterocycles. The van der Waals surface area contributed by atoms with Crippen molar-refractivity contribution in [3.63, 3.8) is 0 Å². The predicted molar refractivity (Wildman–Crippen MR) is 103 cm³/mol. The molecule has 130 valence electrons. The lowest BCUT2D eigenvalue weighted by atomic mass is 10.2. The van der Waals surface area contributed by atoms with E-state index < -0.39 is 0 Å². The number of hydrogen-bond acceptors (Lipinski definition) is 5. The molecule has 5 nitrogen and oxygen atoms in total. The van der Waals surface area contributed by atoms with E-state index in [1.807, 2.05) is 60.7 Å². The van der Waals surface area contributed by atoms with E-state index in [-0.39, 0.29) is 0 Å². The molecule has 0 N–H and O–H groups in total. The van der Waals surface area contributed by atoms with Crippen LogP contribution in [-0.4, -0.2) is 19.7 Å². The van der Waals surface area contributed by atoms with Gasteiger partial charge >= 0.3 is 0 Å². The molecule has 0 spiro atoms. The highest BCUT2D eigenvalue weighted by Crippen LogP contribution is 2.27. The zero-order chi connectivity index (χ0) is 17.8. The minimum Gasteiger partial charge on any atom is -0.440 e. The van der Waals surface area contributed by atoms with Crippen LogP contribution in [-0.2, 0) is 12.3 Å². The highest BCUT2D eigenvalue weighted by atomic mass is 32.2. The van der Waals surface area contributed by atoms with Crippen molar-refractivity contribution in [2.75, 3.05) is 0 Å². The SMILES string of the molecule is CCn1c(SCc2ncc(-c3ccccc3)o2)nnc1-c1ccccc1. The van der Waals surface area contributed by atoms with Crippen LogP contribution in [0.2, 0.25) is 0 Å². The van der Waals surface area contributed by atoms with E-state index in [4.69, 9.17) is 4.42 Å². The van der Waals surface area contributed by atoms with Gasteiger partial charge in [0.2, 0.25) is 5.89 Å². The highest BCUT2D eigenvalue weighted by Gasteiger charge is 2.14. The molecule has 0 bridgehead atoms. The molecule has 0 atom stereocenters. The predicted octanol–water partition coefficient (Wildman–Crippen LogP) is 4.91. The van der Waals surface area contributed by atoms with Gasteiger partial charge in [-0.05, 0) is 6.92 Å². The van der Waals surface area contributed by atoms with Crippen LogP contribution in [0.25, 0.3) is 22.7 Å². The van der Waals surface area contributed by atoms with E-state index in [0.29, 0.717) is 11.6 Å². The number of benzene rings is 2. The van der Waals surface area contributed by atoms with Gasteiger partial charge in [-0.3, -0.25) is 0 Å². The van der Waals surface area contributed by atoms with Crippen molar-refractivity contribution in [2.45, 2.75) is 24.4 Å². The van der Waals surface area contributed by atoms with Gasteiger partial charge in [-0.2, -0.15) is 0 Å². The number of hydrogen-bond donors (Lipinski definition) is 0. The molecule has 4 aromatic rings. The normalized spacial score (nSPS) is 11.0. The molecule has 0 aliphatic rings. The first-order valence-corrected chi connectivity index (χ1v) is 9.45. The van der Waals surface area contributed by atoms with E-state index >= 15 is 0 Å². The number of oxazole rings is 1. The Labute approximate surface area is 156 Å². The van der Waals surface area contributed by atoms with Crippen LogP contribution in [0.3, 0.4) is 0 Å². The summed E-state index contributed by atoms with van der Waals surface area (Å²) in [5, 5.41) is 9.58. The second-order valence-corrected chi connectivity index (χ2v) is 6.63. The van der Waals surface area contributed by atoms with Gasteiger partial charge in [0.1, 0.15) is 0 Å². The molecule has 2 heterocycles. The Kier molecular flexibility index (Phi) is 4.84. The Bertz CT molecular complexity index is 979. The van der Waals surface area contributed by atoms with Crippen molar-refractivity contribution in [2.24, 2.45) is 0 Å². The second kappa shape index (κ2) is 7.58. The van der Waals surface area contributed by atoms with Crippen LogP contribution in [0.5, 0.6) is 0 Å². The molecule has 0 fully saturated rings. The molecular formula is C20H18N4OS. The quantitative estimate of drug-likeness (QED) is 0.456. The van der Waals surface area contributed by atoms with E-state index in [2.05, 4.69) is 26.7 Å². The number of rotatable bonds is 6. The van der Waals surface area contributed by atoms with E-state index in [9.17, 15) is 0 Å². The number of aromatic nitrogens is 4. The van der Waals surface area contributed by atoms with Crippen molar-refractivity contribution in [1.29, 1.82) is 0 Å². The monoisotopic (exact) mass is 362 g/mol. The summed E-state index contributed by atoms with van der Waals surface area (Å²) in [7, 11) is 0. The van der Waals surface area contributed by atoms with E-state index in [1.165, 1.54) is 0 Å². The average Bonchev–Trinajstić information content (AvgIpc) is 3.34. The Morgan fingerprint density at radius 2 is 1.62 bits per heavy atom. The Morgan fingerprint density at radius 1 is 0.923 bits per heavy atom. The maximum Gasteiger partial charge on any atom is 0.205 e. The highest BCUT2D eigenvalue weighted by molar-refractivity contribution is 7.98. The molecule has 0 radical (unpaired) electrons. The second-order valence-electron chi connectivity index (χ2n) is 5.69. The fourth-order valence-electron chi connectivity index (χ4n) is 2.72. The molecule has 0 unspecified atom stereocenters. The summed E-state index contributed by atoms with van der Waals surface area (Å²) in [6.07, 6.45) is 1.77. The lowest BCUT2D eigenvalue weighted by Crippen LogP contribution is -1.99. The summed E-state index contributed by atoms with van der Waals surface area (Å²) < 4.78 is 7.98. The molecule has 4 rings (SSSR count). The van der Waals surface area contributed by atoms with Crippen molar-refractivity contribution in [3.05, 3.63) is 72.8 Å². The van der Waals surface area contributed by atoms with Crippen molar-refractivity contribution in [1.82, 2.24) is 19.7 Å². The topological polar surface area (TPSA) is 56.7 Å². The Hall–Kier alpha value is -2.86. The standard InChI is InChI=1S/C20H18N4OS/c1-2-24-19(16-11-7-4-8-12-16)22-23-20(24)26-14-18-21-13-17(25-18)15-9-5-3-6-10-15/h3-13H,2,14H2,1H3. The van der Waals surface area contributed by atoms with Gasteiger partial charge in [-0.15, -0.1) is 10.2 Å². The van der Waals surface area contributed by atoms with Crippen LogP contribution < -0.4 is 0 Å². The smallest absolute Gasteiger partial charge is 0.205 e. The number of thioether (sulfide) groups is 1. The van der Waals surface area contributed by atoms with Gasteiger partial charge in [0.15, 0.2) is 16.7 Å². The first kappa shape index (κ1) is 16.6. The maximum absolute atomic E-state index is 5.87. The molecule has 0 aliphatic carbocycles. The zero-order valence-electron chi connectivity index (χ0n) is 14.4. The third-order valence-corrected chi connectivity index (χ3v) is 4.95. The van der Waals surface area contributed by atoms with Crippen molar-refractivity contribution < 1.29 is 4.42 Å². The largest absolute Gasteiger partial charge is 0.440 e. The van der Waals surface area contributed by atoms with Crippen LogP contribution in [0.4, 0.5) is 0 Å². The summed E-state index contributed by atoms with van der Waals surface area (Å²) >= 11 is 1.58. The minimum atomic E-state index is 0.611. The molecule has 0 amide bonds. The van der Waals surface area contributed by atoms with Gasteiger partial charge < -0.3 is 8.98 Å². The molecule has 26 heavy (non-hydrogen) atoms. The van der Waals surface area contributed by atoms with E-state index in [0.717, 1.165) is 34.4 Å². The summed E-state index contributed by atoms with van der Waals surface area (Å²) in [6, 6.07) is 20.1. The summed E-state index contributed by atoms with van der Waals surface area (Å²) in [4.78, 5) is 4.38. The first-order chi connectivity index (χ1) is 12.8. The summed E-state index contributed by atoms with van der Waals surface area (Å²) in [5.41, 5.74) is 2.09. The van der Waals surface area contributed by atoms with Crippen molar-refractivity contribution >= 4 is 11.8 Å². The average molecular weight is 362 g/mol. The van der Waals surface area contributed by atoms with Gasteiger partial charge in [0.05, 0.1) is 11.9 Å². The summed E-state index contributed by atoms with van der Waals surface area (Å²) in [5.74, 6) is 2.96. The molecule has 6 heteroatoms. The first-order valence-electron chi connectivity index (χ1n) is 8.46. The summed E-state index contributed by atoms with van der Waals surface area (Å²) in [6.45, 7) is 2.90. The molecule has 0 saturated carbocycles. The molecule has 0 saturated heterocycles. The van der Waals surface area contributed by atoms with Gasteiger partial charge in [-0.25, -0.2) is 4.98 Å². The lowest BCUT2D eigenvalue weighted by Gasteiger charge is -2.06. The van der Waals surface area contributed by atoms with Gasteiger partial charge in [0, 0.05) is 17.7 Å². The van der Waals surface area contributed by atoms with E-state index in [1.54, 1.807) is 18.0 Å². The number of nitrogens with zero attached hydrogens (tertiary/aromatic N) is 4. The van der Waals surface area contributed by atoms with Crippen LogP contribution in [0.15, 0.2) is 76.4 Å². The fourth-order valence-corrected chi connectivity index (χ4v) is 3.58. The third kappa shape index (κ3) is 3.41. The lowest BCUT2D eigenvalue weighted by molar-refractivity contribution is 0.529. The van der Waals surface area contributed by atoms with Crippen LogP contribution in [0, 0.1) is 0 Å². The molecule has 0 aliphatic heterocycles. The van der Waals surface area contributed by atoms with Crippen LogP contribution in [0.1, 0.15) is 12.8 Å². The molecule has 2 aromatic carbocycles. The zero-order valence-corrected chi connectivity index (χ0v) is 15.2. The maximum atomic E-state index is 5.87. The van der Waals surface area contributed by atoms with Crippen LogP contribution >= 0.6 is 11.8 Å². The van der Waals surface area contributed by atoms with Crippen molar-refractivity contribution in [3.8, 4) is 22.7 Å². The fraction of sp³-hybridized carbons (Fsp3) is 0.150. The molecular weight excluding hydrogens is 344 g/mol. The Balaban J connectivity index is 1.50. The minimum absolute atomic E-state index is 0.611. The third-order valence-electron chi connectivity index (χ3n) is 4.00.